The van der Waals surface area contributed by atoms with Crippen LogP contribution in [-0.4, -0.2) is 103 Å². The number of carboxylic acid groups (broad SMARTS) is 1. The molecule has 4 amide bonds. The van der Waals surface area contributed by atoms with Gasteiger partial charge in [0.15, 0.2) is 0 Å². The fourth-order valence-electron chi connectivity index (χ4n) is 7.52. The summed E-state index contributed by atoms with van der Waals surface area (Å²) in [5, 5.41) is 16.5. The quantitative estimate of drug-likeness (QED) is 0.289. The molecule has 1 aromatic heterocycles. The van der Waals surface area contributed by atoms with Crippen LogP contribution in [0.2, 0.25) is 0 Å². The van der Waals surface area contributed by atoms with Gasteiger partial charge >= 0.3 is 6.09 Å². The van der Waals surface area contributed by atoms with Gasteiger partial charge in [-0.05, 0) is 86.9 Å². The fourth-order valence-corrected chi connectivity index (χ4v) is 8.84. The lowest BCUT2D eigenvalue weighted by molar-refractivity contribution is -0.142. The summed E-state index contributed by atoms with van der Waals surface area (Å²) in [4.78, 5) is 62.6. The predicted molar refractivity (Wildman–Crippen MR) is 197 cm³/mol. The summed E-state index contributed by atoms with van der Waals surface area (Å²) in [5.74, 6) is -1.32. The number of anilines is 1. The molecule has 3 fully saturated rings. The smallest absolute Gasteiger partial charge is 0.405 e. The molecule has 2 aromatic rings. The number of allylic oxidation sites excluding steroid dienone is 1. The van der Waals surface area contributed by atoms with Crippen molar-refractivity contribution in [1.29, 1.82) is 0 Å². The van der Waals surface area contributed by atoms with Crippen LogP contribution in [0.4, 0.5) is 10.6 Å². The average Bonchev–Trinajstić information content (AvgIpc) is 3.98. The summed E-state index contributed by atoms with van der Waals surface area (Å²) in [7, 11) is 1.25. The number of aromatic nitrogens is 1. The van der Waals surface area contributed by atoms with Gasteiger partial charge in [0.1, 0.15) is 35.3 Å². The second kappa shape index (κ2) is 14.3. The summed E-state index contributed by atoms with van der Waals surface area (Å²) in [5.41, 5.74) is -1.55. The number of pyridine rings is 1. The van der Waals surface area contributed by atoms with E-state index >= 15 is 0 Å². The lowest BCUT2D eigenvalue weighted by atomic mass is 9.88. The molecular formula is C37H50N6O9S. The zero-order chi connectivity index (χ0) is 38.5. The van der Waals surface area contributed by atoms with Crippen molar-refractivity contribution < 1.29 is 42.2 Å². The van der Waals surface area contributed by atoms with Crippen LogP contribution in [0.3, 0.4) is 0 Å². The molecule has 1 unspecified atom stereocenters. The molecule has 4 aliphatic rings. The zero-order valence-corrected chi connectivity index (χ0v) is 31.9. The summed E-state index contributed by atoms with van der Waals surface area (Å²) >= 11 is 0. The van der Waals surface area contributed by atoms with E-state index in [0.29, 0.717) is 42.6 Å². The van der Waals surface area contributed by atoms with Crippen molar-refractivity contribution in [3.8, 4) is 11.6 Å². The SMILES string of the molecule is COc1ccc2c(O[C@@H]3C[C@H]4C(=O)N[C@]5(C(=O)NS(=O)(=O)C6(C)CC6)C[C@H]5C=CCCC(C)C[C@@H](C)[C@H](NC(=O)O)C(=O)N4C3)nc(N(C)C)cc2c1. The van der Waals surface area contributed by atoms with Gasteiger partial charge in [-0.2, -0.15) is 4.98 Å². The first-order chi connectivity index (χ1) is 25.0. The minimum absolute atomic E-state index is 0.00223. The van der Waals surface area contributed by atoms with Crippen molar-refractivity contribution in [2.45, 2.75) is 94.2 Å². The topological polar surface area (TPSA) is 197 Å². The van der Waals surface area contributed by atoms with Crippen LogP contribution in [0.1, 0.15) is 65.7 Å². The van der Waals surface area contributed by atoms with Gasteiger partial charge in [0.25, 0.3) is 5.91 Å². The summed E-state index contributed by atoms with van der Waals surface area (Å²) in [6.07, 6.45) is 4.62. The van der Waals surface area contributed by atoms with Crippen molar-refractivity contribution in [3.05, 3.63) is 36.4 Å². The minimum Gasteiger partial charge on any atom is -0.497 e. The number of rotatable bonds is 8. The van der Waals surface area contributed by atoms with Gasteiger partial charge in [-0.25, -0.2) is 13.2 Å². The molecule has 3 heterocycles. The number of hydrogen-bond acceptors (Lipinski definition) is 10. The molecule has 0 bridgehead atoms. The zero-order valence-electron chi connectivity index (χ0n) is 31.0. The number of nitrogens with zero attached hydrogens (tertiary/aromatic N) is 3. The van der Waals surface area contributed by atoms with E-state index in [0.717, 1.165) is 11.8 Å². The first-order valence-electron chi connectivity index (χ1n) is 18.1. The molecule has 16 heteroatoms. The molecule has 4 N–H and O–H groups in total. The van der Waals surface area contributed by atoms with Crippen molar-refractivity contribution >= 4 is 50.4 Å². The monoisotopic (exact) mass is 754 g/mol. The highest BCUT2D eigenvalue weighted by Gasteiger charge is 2.63. The second-order valence-electron chi connectivity index (χ2n) is 15.7. The van der Waals surface area contributed by atoms with Crippen LogP contribution in [0.5, 0.6) is 11.6 Å². The van der Waals surface area contributed by atoms with Crippen molar-refractivity contribution in [2.24, 2.45) is 17.8 Å². The van der Waals surface area contributed by atoms with Crippen molar-refractivity contribution in [3.63, 3.8) is 0 Å². The van der Waals surface area contributed by atoms with Gasteiger partial charge < -0.3 is 35.0 Å². The molecule has 288 valence electrons. The molecule has 0 radical (unpaired) electrons. The Labute approximate surface area is 309 Å². The van der Waals surface area contributed by atoms with E-state index in [2.05, 4.69) is 15.4 Å². The highest BCUT2D eigenvalue weighted by atomic mass is 32.2. The maximum absolute atomic E-state index is 14.5. The number of carbonyl (C=O) groups is 4. The van der Waals surface area contributed by atoms with E-state index in [1.165, 1.54) is 4.90 Å². The molecule has 1 saturated heterocycles. The number of carbonyl (C=O) groups excluding carboxylic acids is 3. The van der Waals surface area contributed by atoms with Crippen LogP contribution >= 0.6 is 0 Å². The highest BCUT2D eigenvalue weighted by Crippen LogP contribution is 2.47. The van der Waals surface area contributed by atoms with Gasteiger partial charge in [0, 0.05) is 31.8 Å². The van der Waals surface area contributed by atoms with E-state index in [4.69, 9.17) is 14.5 Å². The highest BCUT2D eigenvalue weighted by molar-refractivity contribution is 7.91. The Balaban J connectivity index is 1.36. The molecule has 6 rings (SSSR count). The summed E-state index contributed by atoms with van der Waals surface area (Å²) < 4.78 is 39.4. The van der Waals surface area contributed by atoms with Crippen LogP contribution in [-0.2, 0) is 24.4 Å². The first-order valence-corrected chi connectivity index (χ1v) is 19.6. The van der Waals surface area contributed by atoms with Gasteiger partial charge in [-0.3, -0.25) is 19.1 Å². The maximum atomic E-state index is 14.5. The number of hydrogen-bond donors (Lipinski definition) is 4. The molecule has 7 atom stereocenters. The van der Waals surface area contributed by atoms with E-state index < -0.39 is 74.1 Å². The Bertz CT molecular complexity index is 1930. The Hall–Kier alpha value is -4.60. The van der Waals surface area contributed by atoms with Crippen LogP contribution in [0, 0.1) is 17.8 Å². The second-order valence-corrected chi connectivity index (χ2v) is 17.9. The number of methoxy groups -OCH3 is 1. The standard InChI is InChI=1S/C37H50N6O9S/c1-21-9-7-8-10-24-19-37(24,34(46)41-53(49,50)36(3)13-14-36)40-31(44)28-18-26(20-43(28)33(45)30(22(2)15-21)39-35(47)48)52-32-27-12-11-25(51-6)16-23(27)17-29(38-32)42(4)5/h8,10-12,16-17,21-22,24,26,28,30,39H,7,9,13-15,18-20H2,1-6H3,(H,40,44)(H,41,46)(H,47,48)/t21?,22-,24-,26-,28+,30+,37-/m1/s1. The van der Waals surface area contributed by atoms with Crippen molar-refractivity contribution in [2.75, 3.05) is 32.6 Å². The van der Waals surface area contributed by atoms with E-state index in [-0.39, 0.29) is 31.2 Å². The van der Waals surface area contributed by atoms with E-state index in [1.807, 2.05) is 63.2 Å². The van der Waals surface area contributed by atoms with Gasteiger partial charge in [-0.1, -0.05) is 26.0 Å². The Morgan fingerprint density at radius 2 is 1.87 bits per heavy atom. The maximum Gasteiger partial charge on any atom is 0.405 e. The normalized spacial score (nSPS) is 29.8. The van der Waals surface area contributed by atoms with Crippen LogP contribution in [0.15, 0.2) is 36.4 Å². The number of fused-ring (bicyclic) bond motifs is 3. The molecule has 15 nitrogen and oxygen atoms in total. The van der Waals surface area contributed by atoms with E-state index in [9.17, 15) is 32.7 Å². The summed E-state index contributed by atoms with van der Waals surface area (Å²) in [6, 6.07) is 5.00. The Morgan fingerprint density at radius 1 is 1.13 bits per heavy atom. The fraction of sp³-hybridized carbons (Fsp3) is 0.595. The number of ether oxygens (including phenoxy) is 2. The number of sulfonamides is 1. The van der Waals surface area contributed by atoms with Gasteiger partial charge in [0.05, 0.1) is 18.4 Å². The third-order valence-corrected chi connectivity index (χ3v) is 13.4. The minimum atomic E-state index is -4.01. The third-order valence-electron chi connectivity index (χ3n) is 11.3. The van der Waals surface area contributed by atoms with Crippen LogP contribution in [0.25, 0.3) is 10.8 Å². The lowest BCUT2D eigenvalue weighted by Crippen LogP contribution is -2.59. The van der Waals surface area contributed by atoms with E-state index in [1.54, 1.807) is 20.1 Å². The number of benzene rings is 1. The molecule has 0 spiro atoms. The van der Waals surface area contributed by atoms with Gasteiger partial charge in [0.2, 0.25) is 27.7 Å². The Morgan fingerprint density at radius 3 is 2.53 bits per heavy atom. The molecular weight excluding hydrogens is 705 g/mol. The predicted octanol–water partition coefficient (Wildman–Crippen LogP) is 3.18. The van der Waals surface area contributed by atoms with Crippen LogP contribution < -0.4 is 29.7 Å². The molecule has 1 aromatic carbocycles. The lowest BCUT2D eigenvalue weighted by Gasteiger charge is -2.32. The largest absolute Gasteiger partial charge is 0.497 e. The molecule has 2 aliphatic heterocycles. The van der Waals surface area contributed by atoms with Gasteiger partial charge in [-0.15, -0.1) is 0 Å². The molecule has 2 saturated carbocycles. The molecule has 53 heavy (non-hydrogen) atoms. The third kappa shape index (κ3) is 7.73. The number of amides is 4. The summed E-state index contributed by atoms with van der Waals surface area (Å²) in [6.45, 7) is 5.35. The van der Waals surface area contributed by atoms with Crippen molar-refractivity contribution in [1.82, 2.24) is 25.2 Å². The average molecular weight is 755 g/mol. The first kappa shape index (κ1) is 38.1. The molecule has 2 aliphatic carbocycles. The number of nitrogens with one attached hydrogen (secondary N) is 3. The Kier molecular flexibility index (Phi) is 10.3.